The Bertz CT molecular complexity index is 944. The summed E-state index contributed by atoms with van der Waals surface area (Å²) in [5, 5.41) is 13.2. The van der Waals surface area contributed by atoms with Crippen LogP contribution in [0.2, 0.25) is 0 Å². The van der Waals surface area contributed by atoms with Crippen LogP contribution in [0.5, 0.6) is 0 Å². The normalized spacial score (nSPS) is 16.9. The zero-order valence-electron chi connectivity index (χ0n) is 17.0. The number of carbonyl (C=O) groups is 2. The second kappa shape index (κ2) is 9.04. The van der Waals surface area contributed by atoms with Gasteiger partial charge in [-0.25, -0.2) is 9.97 Å². The first-order valence-electron chi connectivity index (χ1n) is 10.4. The van der Waals surface area contributed by atoms with Gasteiger partial charge in [-0.1, -0.05) is 24.8 Å². The second-order valence-electron chi connectivity index (χ2n) is 8.09. The van der Waals surface area contributed by atoms with Gasteiger partial charge in [0.05, 0.1) is 18.0 Å². The number of carboxylic acids is 1. The molecule has 0 radical (unpaired) electrons. The van der Waals surface area contributed by atoms with E-state index in [1.807, 2.05) is 23.1 Å². The molecule has 0 bridgehead atoms. The third-order valence-electron chi connectivity index (χ3n) is 5.92. The van der Waals surface area contributed by atoms with Gasteiger partial charge in [0, 0.05) is 30.4 Å². The van der Waals surface area contributed by atoms with E-state index in [4.69, 9.17) is 5.11 Å². The number of carbonyl (C=O) groups excluding carboxylic acids is 1. The van der Waals surface area contributed by atoms with Crippen molar-refractivity contribution < 1.29 is 14.7 Å². The quantitative estimate of drug-likeness (QED) is 0.616. The van der Waals surface area contributed by atoms with Crippen LogP contribution in [-0.2, 0) is 16.0 Å². The molecule has 1 unspecified atom stereocenters. The van der Waals surface area contributed by atoms with E-state index < -0.39 is 5.97 Å². The van der Waals surface area contributed by atoms with Crippen LogP contribution in [0.3, 0.4) is 0 Å². The highest BCUT2D eigenvalue weighted by molar-refractivity contribution is 7.99. The molecule has 2 aromatic rings. The molecule has 158 valence electrons. The number of hydrogen-bond acceptors (Lipinski definition) is 6. The summed E-state index contributed by atoms with van der Waals surface area (Å²) >= 11 is 1.58. The first-order valence-corrected chi connectivity index (χ1v) is 11.2. The van der Waals surface area contributed by atoms with Crippen LogP contribution in [0, 0.1) is 11.8 Å². The molecular weight excluding hydrogens is 400 g/mol. The number of aromatic nitrogens is 2. The van der Waals surface area contributed by atoms with Crippen LogP contribution in [-0.4, -0.2) is 44.9 Å². The molecule has 7 nitrogen and oxygen atoms in total. The maximum Gasteiger partial charge on any atom is 0.306 e. The number of rotatable bonds is 6. The predicted molar refractivity (Wildman–Crippen MR) is 115 cm³/mol. The van der Waals surface area contributed by atoms with E-state index in [1.165, 1.54) is 0 Å². The summed E-state index contributed by atoms with van der Waals surface area (Å²) < 4.78 is 0. The number of fused-ring (bicyclic) bond motifs is 2. The number of nitrogens with zero attached hydrogens (tertiary/aromatic N) is 3. The Hall–Kier alpha value is -2.61. The zero-order valence-corrected chi connectivity index (χ0v) is 17.8. The summed E-state index contributed by atoms with van der Waals surface area (Å²) in [4.78, 5) is 35.4. The summed E-state index contributed by atoms with van der Waals surface area (Å²) in [5.74, 6) is 0.394. The van der Waals surface area contributed by atoms with Crippen molar-refractivity contribution in [2.45, 2.75) is 48.9 Å². The molecule has 0 saturated carbocycles. The predicted octanol–water partition coefficient (Wildman–Crippen LogP) is 3.97. The largest absolute Gasteiger partial charge is 0.481 e. The molecule has 1 atom stereocenters. The second-order valence-corrected chi connectivity index (χ2v) is 9.12. The average Bonchev–Trinajstić information content (AvgIpc) is 2.76. The molecule has 1 saturated heterocycles. The van der Waals surface area contributed by atoms with E-state index in [9.17, 15) is 9.59 Å². The minimum Gasteiger partial charge on any atom is -0.481 e. The number of aliphatic carboxylic acids is 1. The van der Waals surface area contributed by atoms with Crippen molar-refractivity contribution in [1.82, 2.24) is 14.9 Å². The summed E-state index contributed by atoms with van der Waals surface area (Å²) in [6.45, 7) is 3.28. The number of piperidine rings is 1. The molecule has 3 heterocycles. The number of nitrogens with one attached hydrogen (secondary N) is 1. The number of likely N-dealkylation sites (tertiary alicyclic amines) is 1. The lowest BCUT2D eigenvalue weighted by Crippen LogP contribution is -2.39. The fraction of sp³-hybridized carbons (Fsp3) is 0.455. The lowest BCUT2D eigenvalue weighted by Gasteiger charge is -2.32. The SMILES string of the molecule is CC(CCC1CCN(C(=O)Cc2ccc3c(c2)Nc2nccnc2S3)CC1)C(=O)O. The summed E-state index contributed by atoms with van der Waals surface area (Å²) in [6.07, 6.45) is 7.27. The first-order chi connectivity index (χ1) is 14.5. The fourth-order valence-corrected chi connectivity index (χ4v) is 4.84. The van der Waals surface area contributed by atoms with Gasteiger partial charge in [0.25, 0.3) is 0 Å². The Morgan fingerprint density at radius 1 is 1.27 bits per heavy atom. The number of benzene rings is 1. The topological polar surface area (TPSA) is 95.4 Å². The van der Waals surface area contributed by atoms with Crippen molar-refractivity contribution in [2.24, 2.45) is 11.8 Å². The number of anilines is 2. The van der Waals surface area contributed by atoms with Crippen molar-refractivity contribution in [3.05, 3.63) is 36.2 Å². The van der Waals surface area contributed by atoms with Crippen LogP contribution >= 0.6 is 11.8 Å². The molecular formula is C22H26N4O3S. The molecule has 1 fully saturated rings. The minimum atomic E-state index is -0.726. The minimum absolute atomic E-state index is 0.149. The van der Waals surface area contributed by atoms with Crippen molar-refractivity contribution in [3.8, 4) is 0 Å². The van der Waals surface area contributed by atoms with Gasteiger partial charge >= 0.3 is 5.97 Å². The van der Waals surface area contributed by atoms with Crippen molar-refractivity contribution in [1.29, 1.82) is 0 Å². The highest BCUT2D eigenvalue weighted by Gasteiger charge is 2.24. The molecule has 2 aliphatic rings. The lowest BCUT2D eigenvalue weighted by atomic mass is 9.89. The lowest BCUT2D eigenvalue weighted by molar-refractivity contribution is -0.141. The van der Waals surface area contributed by atoms with E-state index in [0.717, 1.165) is 59.3 Å². The third-order valence-corrected chi connectivity index (χ3v) is 6.99. The first kappa shape index (κ1) is 20.7. The molecule has 1 amide bonds. The summed E-state index contributed by atoms with van der Waals surface area (Å²) in [6, 6.07) is 6.06. The van der Waals surface area contributed by atoms with Gasteiger partial charge in [-0.2, -0.15) is 0 Å². The van der Waals surface area contributed by atoms with Crippen LogP contribution in [0.4, 0.5) is 11.5 Å². The molecule has 2 N–H and O–H groups in total. The van der Waals surface area contributed by atoms with Crippen LogP contribution in [0.15, 0.2) is 40.5 Å². The average molecular weight is 427 g/mol. The maximum atomic E-state index is 12.8. The molecule has 0 aliphatic carbocycles. The molecule has 2 aliphatic heterocycles. The standard InChI is InChI=1S/C22H26N4O3S/c1-14(22(28)29)2-3-15-6-10-26(11-7-15)19(27)13-16-4-5-18-17(12-16)25-20-21(30-18)24-9-8-23-20/h4-5,8-9,12,14-15H,2-3,6-7,10-11,13H2,1H3,(H,23,25)(H,28,29). The van der Waals surface area contributed by atoms with Gasteiger partial charge in [-0.15, -0.1) is 0 Å². The molecule has 1 aromatic carbocycles. The molecule has 30 heavy (non-hydrogen) atoms. The highest BCUT2D eigenvalue weighted by atomic mass is 32.2. The van der Waals surface area contributed by atoms with E-state index in [2.05, 4.69) is 15.3 Å². The fourth-order valence-electron chi connectivity index (χ4n) is 3.96. The van der Waals surface area contributed by atoms with E-state index in [-0.39, 0.29) is 11.8 Å². The number of amides is 1. The van der Waals surface area contributed by atoms with Gasteiger partial charge in [0.15, 0.2) is 5.82 Å². The monoisotopic (exact) mass is 426 g/mol. The van der Waals surface area contributed by atoms with Gasteiger partial charge < -0.3 is 15.3 Å². The Balaban J connectivity index is 1.30. The summed E-state index contributed by atoms with van der Waals surface area (Å²) in [7, 11) is 0. The van der Waals surface area contributed by atoms with Crippen LogP contribution in [0.1, 0.15) is 38.2 Å². The third kappa shape index (κ3) is 4.75. The molecule has 4 rings (SSSR count). The van der Waals surface area contributed by atoms with Gasteiger partial charge in [-0.3, -0.25) is 9.59 Å². The molecule has 8 heteroatoms. The van der Waals surface area contributed by atoms with Gasteiger partial charge in [0.1, 0.15) is 5.03 Å². The summed E-state index contributed by atoms with van der Waals surface area (Å²) in [5.41, 5.74) is 1.95. The van der Waals surface area contributed by atoms with Crippen molar-refractivity contribution in [3.63, 3.8) is 0 Å². The Labute approximate surface area is 180 Å². The number of carboxylic acid groups (broad SMARTS) is 1. The van der Waals surface area contributed by atoms with Gasteiger partial charge in [-0.05, 0) is 49.3 Å². The van der Waals surface area contributed by atoms with E-state index in [1.54, 1.807) is 31.1 Å². The Morgan fingerprint density at radius 2 is 2.03 bits per heavy atom. The Kier molecular flexibility index (Phi) is 6.22. The smallest absolute Gasteiger partial charge is 0.306 e. The van der Waals surface area contributed by atoms with Crippen molar-refractivity contribution >= 4 is 35.1 Å². The molecule has 0 spiro atoms. The molecule has 1 aromatic heterocycles. The van der Waals surface area contributed by atoms with E-state index in [0.29, 0.717) is 18.8 Å². The van der Waals surface area contributed by atoms with Crippen molar-refractivity contribution in [2.75, 3.05) is 18.4 Å². The Morgan fingerprint density at radius 3 is 2.80 bits per heavy atom. The number of hydrogen-bond donors (Lipinski definition) is 2. The van der Waals surface area contributed by atoms with Crippen LogP contribution < -0.4 is 5.32 Å². The van der Waals surface area contributed by atoms with E-state index >= 15 is 0 Å². The van der Waals surface area contributed by atoms with Gasteiger partial charge in [0.2, 0.25) is 5.91 Å². The maximum absolute atomic E-state index is 12.8. The zero-order chi connectivity index (χ0) is 21.1. The highest BCUT2D eigenvalue weighted by Crippen LogP contribution is 2.42. The van der Waals surface area contributed by atoms with Crippen LogP contribution in [0.25, 0.3) is 0 Å².